The maximum Gasteiger partial charge on any atom is 0.266 e. The smallest absolute Gasteiger partial charge is 0.266 e. The topological polar surface area (TPSA) is 42.4 Å². The summed E-state index contributed by atoms with van der Waals surface area (Å²) in [5.41, 5.74) is 0. The van der Waals surface area contributed by atoms with Gasteiger partial charge in [-0.15, -0.1) is 0 Å². The van der Waals surface area contributed by atoms with Crippen molar-refractivity contribution in [2.45, 2.75) is 13.0 Å². The summed E-state index contributed by atoms with van der Waals surface area (Å²) in [5, 5.41) is 0. The Labute approximate surface area is 79.3 Å². The Morgan fingerprint density at radius 1 is 1.69 bits per heavy atom. The Hall–Kier alpha value is -0.940. The third kappa shape index (κ3) is 1.57. The fourth-order valence-electron chi connectivity index (χ4n) is 1.21. The predicted molar refractivity (Wildman–Crippen MR) is 50.3 cm³/mol. The molecule has 1 aliphatic rings. The molecule has 1 saturated heterocycles. The summed E-state index contributed by atoms with van der Waals surface area (Å²) in [4.78, 5) is 4.11. The number of rotatable bonds is 1. The Kier molecular flexibility index (Phi) is 2.28. The SMILES string of the molecule is C[C@@H]1CO[S@@](=O)N1c1ccccn1. The van der Waals surface area contributed by atoms with E-state index in [4.69, 9.17) is 4.18 Å². The quantitative estimate of drug-likeness (QED) is 0.673. The molecule has 0 aliphatic carbocycles. The van der Waals surface area contributed by atoms with Crippen molar-refractivity contribution in [1.29, 1.82) is 0 Å². The molecular formula is C8H10N2O2S. The molecule has 1 fully saturated rings. The maximum atomic E-state index is 11.4. The molecule has 2 heterocycles. The monoisotopic (exact) mass is 198 g/mol. The normalized spacial score (nSPS) is 27.9. The predicted octanol–water partition coefficient (Wildman–Crippen LogP) is 0.885. The van der Waals surface area contributed by atoms with Crippen LogP contribution in [0.5, 0.6) is 0 Å². The number of anilines is 1. The molecule has 5 heteroatoms. The van der Waals surface area contributed by atoms with Crippen molar-refractivity contribution in [3.05, 3.63) is 24.4 Å². The number of hydrogen-bond acceptors (Lipinski definition) is 3. The first-order chi connectivity index (χ1) is 6.29. The van der Waals surface area contributed by atoms with Gasteiger partial charge in [0, 0.05) is 6.20 Å². The second kappa shape index (κ2) is 3.43. The molecule has 0 aromatic carbocycles. The summed E-state index contributed by atoms with van der Waals surface area (Å²) < 4.78 is 18.0. The van der Waals surface area contributed by atoms with Gasteiger partial charge in [-0.2, -0.15) is 0 Å². The summed E-state index contributed by atoms with van der Waals surface area (Å²) in [6.07, 6.45) is 1.68. The lowest BCUT2D eigenvalue weighted by Gasteiger charge is -2.16. The van der Waals surface area contributed by atoms with Gasteiger partial charge in [-0.1, -0.05) is 6.07 Å². The third-order valence-electron chi connectivity index (χ3n) is 1.85. The average Bonchev–Trinajstić information content (AvgIpc) is 2.48. The lowest BCUT2D eigenvalue weighted by molar-refractivity contribution is 0.366. The van der Waals surface area contributed by atoms with Gasteiger partial charge in [0.15, 0.2) is 0 Å². The zero-order chi connectivity index (χ0) is 9.26. The summed E-state index contributed by atoms with van der Waals surface area (Å²) in [6.45, 7) is 2.45. The minimum atomic E-state index is -1.37. The molecule has 0 saturated carbocycles. The fourth-order valence-corrected chi connectivity index (χ4v) is 2.26. The lowest BCUT2D eigenvalue weighted by Crippen LogP contribution is -2.28. The van der Waals surface area contributed by atoms with Crippen LogP contribution in [0.1, 0.15) is 6.92 Å². The van der Waals surface area contributed by atoms with Crippen LogP contribution in [0.4, 0.5) is 5.82 Å². The molecule has 2 rings (SSSR count). The maximum absolute atomic E-state index is 11.4. The Morgan fingerprint density at radius 3 is 3.08 bits per heavy atom. The van der Waals surface area contributed by atoms with E-state index in [1.807, 2.05) is 25.1 Å². The van der Waals surface area contributed by atoms with Crippen molar-refractivity contribution in [2.24, 2.45) is 0 Å². The molecule has 70 valence electrons. The van der Waals surface area contributed by atoms with Gasteiger partial charge in [-0.25, -0.2) is 13.5 Å². The van der Waals surface area contributed by atoms with Gasteiger partial charge < -0.3 is 0 Å². The molecule has 4 nitrogen and oxygen atoms in total. The third-order valence-corrected chi connectivity index (χ3v) is 3.05. The van der Waals surface area contributed by atoms with Crippen molar-refractivity contribution < 1.29 is 8.39 Å². The number of aromatic nitrogens is 1. The summed E-state index contributed by atoms with van der Waals surface area (Å²) in [7, 11) is 0. The number of nitrogens with zero attached hydrogens (tertiary/aromatic N) is 2. The molecule has 1 aliphatic heterocycles. The largest absolute Gasteiger partial charge is 0.271 e. The highest BCUT2D eigenvalue weighted by Gasteiger charge is 2.29. The van der Waals surface area contributed by atoms with E-state index in [9.17, 15) is 4.21 Å². The van der Waals surface area contributed by atoms with Crippen molar-refractivity contribution >= 4 is 17.1 Å². The van der Waals surface area contributed by atoms with Gasteiger partial charge in [-0.3, -0.25) is 4.18 Å². The fraction of sp³-hybridized carbons (Fsp3) is 0.375. The van der Waals surface area contributed by atoms with Gasteiger partial charge in [-0.05, 0) is 19.1 Å². The first-order valence-electron chi connectivity index (χ1n) is 4.04. The van der Waals surface area contributed by atoms with Gasteiger partial charge in [0.05, 0.1) is 12.6 Å². The Balaban J connectivity index is 2.30. The van der Waals surface area contributed by atoms with Crippen molar-refractivity contribution in [3.8, 4) is 0 Å². The Morgan fingerprint density at radius 2 is 2.54 bits per heavy atom. The second-order valence-electron chi connectivity index (χ2n) is 2.86. The van der Waals surface area contributed by atoms with Gasteiger partial charge in [0.25, 0.3) is 11.3 Å². The van der Waals surface area contributed by atoms with Crippen molar-refractivity contribution in [3.63, 3.8) is 0 Å². The van der Waals surface area contributed by atoms with Gasteiger partial charge >= 0.3 is 0 Å². The van der Waals surface area contributed by atoms with Crippen LogP contribution in [0.2, 0.25) is 0 Å². The summed E-state index contributed by atoms with van der Waals surface area (Å²) in [5.74, 6) is 0.700. The molecule has 0 spiro atoms. The number of hydrogen-bond donors (Lipinski definition) is 0. The van der Waals surface area contributed by atoms with E-state index in [1.165, 1.54) is 0 Å². The second-order valence-corrected chi connectivity index (χ2v) is 3.93. The molecule has 0 amide bonds. The van der Waals surface area contributed by atoms with Crippen LogP contribution >= 0.6 is 0 Å². The van der Waals surface area contributed by atoms with Crippen LogP contribution in [0, 0.1) is 0 Å². The van der Waals surface area contributed by atoms with Gasteiger partial charge in [0.1, 0.15) is 5.82 Å². The highest BCUT2D eigenvalue weighted by Crippen LogP contribution is 2.21. The summed E-state index contributed by atoms with van der Waals surface area (Å²) >= 11 is -1.37. The molecule has 1 aromatic rings. The van der Waals surface area contributed by atoms with E-state index >= 15 is 0 Å². The molecule has 0 N–H and O–H groups in total. The van der Waals surface area contributed by atoms with E-state index in [2.05, 4.69) is 4.98 Å². The minimum Gasteiger partial charge on any atom is -0.271 e. The first kappa shape index (κ1) is 8.65. The molecule has 1 aromatic heterocycles. The van der Waals surface area contributed by atoms with Crippen LogP contribution in [0.3, 0.4) is 0 Å². The van der Waals surface area contributed by atoms with Gasteiger partial charge in [0.2, 0.25) is 0 Å². The highest BCUT2D eigenvalue weighted by atomic mass is 32.2. The lowest BCUT2D eigenvalue weighted by atomic mass is 10.3. The molecule has 0 unspecified atom stereocenters. The minimum absolute atomic E-state index is 0.121. The zero-order valence-corrected chi connectivity index (χ0v) is 8.03. The number of pyridine rings is 1. The van der Waals surface area contributed by atoms with E-state index in [1.54, 1.807) is 10.5 Å². The van der Waals surface area contributed by atoms with Crippen LogP contribution in [0.25, 0.3) is 0 Å². The molecule has 0 bridgehead atoms. The zero-order valence-electron chi connectivity index (χ0n) is 7.21. The average molecular weight is 198 g/mol. The summed E-state index contributed by atoms with van der Waals surface area (Å²) in [6, 6.07) is 5.64. The van der Waals surface area contributed by atoms with Crippen LogP contribution in [-0.2, 0) is 15.4 Å². The Bertz CT molecular complexity index is 317. The van der Waals surface area contributed by atoms with E-state index in [-0.39, 0.29) is 6.04 Å². The highest BCUT2D eigenvalue weighted by molar-refractivity contribution is 7.82. The van der Waals surface area contributed by atoms with Crippen LogP contribution in [-0.4, -0.2) is 21.8 Å². The molecule has 13 heavy (non-hydrogen) atoms. The van der Waals surface area contributed by atoms with E-state index in [0.717, 1.165) is 0 Å². The van der Waals surface area contributed by atoms with Crippen molar-refractivity contribution in [1.82, 2.24) is 4.98 Å². The molecule has 2 atom stereocenters. The first-order valence-corrected chi connectivity index (χ1v) is 5.07. The standard InChI is InChI=1S/C8H10N2O2S/c1-7-6-12-13(11)10(7)8-4-2-3-5-9-8/h2-5,7H,6H2,1H3/t7-,13-/m1/s1. The van der Waals surface area contributed by atoms with Crippen molar-refractivity contribution in [2.75, 3.05) is 10.9 Å². The van der Waals surface area contributed by atoms with Crippen LogP contribution in [0.15, 0.2) is 24.4 Å². The van der Waals surface area contributed by atoms with Crippen LogP contribution < -0.4 is 4.31 Å². The van der Waals surface area contributed by atoms with E-state index in [0.29, 0.717) is 12.4 Å². The molecule has 0 radical (unpaired) electrons. The molecular weight excluding hydrogens is 188 g/mol. The van der Waals surface area contributed by atoms with E-state index < -0.39 is 11.3 Å².